The lowest BCUT2D eigenvalue weighted by Gasteiger charge is -2.32. The first-order chi connectivity index (χ1) is 13.6. The Balaban J connectivity index is 2.00. The monoisotopic (exact) mass is 399 g/mol. The van der Waals surface area contributed by atoms with Gasteiger partial charge in [-0.3, -0.25) is 4.79 Å². The number of pyridine rings is 1. The number of esters is 1. The Morgan fingerprint density at radius 2 is 1.90 bits per heavy atom. The van der Waals surface area contributed by atoms with E-state index in [0.717, 1.165) is 0 Å². The number of aliphatic hydroxyl groups is 1. The molecule has 0 bridgehead atoms. The molecule has 0 unspecified atom stereocenters. The molecule has 3 rings (SSSR count). The third-order valence-electron chi connectivity index (χ3n) is 5.49. The maximum Gasteiger partial charge on any atom is 0.492 e. The van der Waals surface area contributed by atoms with Crippen molar-refractivity contribution in [2.75, 3.05) is 13.2 Å². The normalized spacial score (nSPS) is 18.3. The second-order valence-electron chi connectivity index (χ2n) is 8.02. The van der Waals surface area contributed by atoms with Crippen LogP contribution in [0, 0.1) is 0 Å². The fraction of sp³-hybridized carbons (Fsp3) is 0.429. The van der Waals surface area contributed by atoms with Crippen LogP contribution >= 0.6 is 0 Å². The van der Waals surface area contributed by atoms with E-state index >= 15 is 0 Å². The van der Waals surface area contributed by atoms with Crippen molar-refractivity contribution in [2.24, 2.45) is 0 Å². The molecule has 1 aliphatic heterocycles. The lowest BCUT2D eigenvalue weighted by atomic mass is 9.77. The standard InChI is InChI=1S/C21H26BNO6/c1-6-27-19(26)16-11-23-17-8-7-13(10-15(17)18(16)25)9-14(12-24)22-28-20(2,3)21(4,5)29-22/h7-11,24H,6,12H2,1-5H3,(H,23,25). The van der Waals surface area contributed by atoms with Crippen LogP contribution in [0.1, 0.15) is 50.5 Å². The molecule has 0 aliphatic carbocycles. The van der Waals surface area contributed by atoms with Gasteiger partial charge in [0.1, 0.15) is 5.56 Å². The van der Waals surface area contributed by atoms with Crippen LogP contribution in [0.4, 0.5) is 0 Å². The van der Waals surface area contributed by atoms with Gasteiger partial charge in [-0.15, -0.1) is 0 Å². The summed E-state index contributed by atoms with van der Waals surface area (Å²) in [5.74, 6) is -0.662. The number of carbonyl (C=O) groups is 1. The number of carbonyl (C=O) groups excluding carboxylic acids is 1. The number of benzene rings is 1. The van der Waals surface area contributed by atoms with Crippen LogP contribution in [0.15, 0.2) is 34.7 Å². The Labute approximate surface area is 169 Å². The Morgan fingerprint density at radius 3 is 2.48 bits per heavy atom. The van der Waals surface area contributed by atoms with E-state index in [1.54, 1.807) is 25.1 Å². The second kappa shape index (κ2) is 7.78. The average Bonchev–Trinajstić information content (AvgIpc) is 2.87. The maximum atomic E-state index is 12.7. The minimum atomic E-state index is -0.690. The second-order valence-corrected chi connectivity index (χ2v) is 8.02. The summed E-state index contributed by atoms with van der Waals surface area (Å²) >= 11 is 0. The molecule has 0 radical (unpaired) electrons. The van der Waals surface area contributed by atoms with Gasteiger partial charge in [0, 0.05) is 17.1 Å². The number of hydrogen-bond donors (Lipinski definition) is 2. The molecule has 0 atom stereocenters. The predicted molar refractivity (Wildman–Crippen MR) is 112 cm³/mol. The fourth-order valence-electron chi connectivity index (χ4n) is 3.08. The highest BCUT2D eigenvalue weighted by Crippen LogP contribution is 2.38. The first-order valence-corrected chi connectivity index (χ1v) is 9.59. The van der Waals surface area contributed by atoms with Crippen LogP contribution in [0.3, 0.4) is 0 Å². The molecule has 7 nitrogen and oxygen atoms in total. The van der Waals surface area contributed by atoms with Gasteiger partial charge < -0.3 is 24.1 Å². The van der Waals surface area contributed by atoms with Gasteiger partial charge in [0.05, 0.1) is 24.4 Å². The predicted octanol–water partition coefficient (Wildman–Crippen LogP) is 2.71. The van der Waals surface area contributed by atoms with Crippen LogP contribution in [0.25, 0.3) is 17.0 Å². The van der Waals surface area contributed by atoms with Gasteiger partial charge in [-0.25, -0.2) is 4.79 Å². The van der Waals surface area contributed by atoms with Crippen LogP contribution in [0.5, 0.6) is 0 Å². The van der Waals surface area contributed by atoms with E-state index in [1.165, 1.54) is 6.20 Å². The summed E-state index contributed by atoms with van der Waals surface area (Å²) in [5, 5.41) is 10.2. The number of fused-ring (bicyclic) bond motifs is 1. The molecule has 2 N–H and O–H groups in total. The molecule has 2 aromatic rings. The third kappa shape index (κ3) is 4.01. The topological polar surface area (TPSA) is 97.9 Å². The molecule has 29 heavy (non-hydrogen) atoms. The zero-order valence-corrected chi connectivity index (χ0v) is 17.4. The number of ether oxygens (including phenoxy) is 1. The molecular formula is C21H26BNO6. The number of hydrogen-bond acceptors (Lipinski definition) is 6. The molecule has 0 amide bonds. The molecule has 1 aliphatic rings. The van der Waals surface area contributed by atoms with Crippen LogP contribution < -0.4 is 5.43 Å². The number of aliphatic hydroxyl groups excluding tert-OH is 1. The van der Waals surface area contributed by atoms with Crippen molar-refractivity contribution in [3.05, 3.63) is 51.2 Å². The Bertz CT molecular complexity index is 1010. The smallest absolute Gasteiger partial charge is 0.462 e. The van der Waals surface area contributed by atoms with E-state index in [0.29, 0.717) is 21.9 Å². The van der Waals surface area contributed by atoms with Crippen molar-refractivity contribution in [1.29, 1.82) is 0 Å². The fourth-order valence-corrected chi connectivity index (χ4v) is 3.08. The number of rotatable bonds is 5. The van der Waals surface area contributed by atoms with E-state index < -0.39 is 29.7 Å². The highest BCUT2D eigenvalue weighted by Gasteiger charge is 2.52. The summed E-state index contributed by atoms with van der Waals surface area (Å²) in [4.78, 5) is 27.7. The molecule has 154 valence electrons. The van der Waals surface area contributed by atoms with Gasteiger partial charge in [-0.05, 0) is 57.8 Å². The first-order valence-electron chi connectivity index (χ1n) is 9.59. The van der Waals surface area contributed by atoms with E-state index in [-0.39, 0.29) is 18.8 Å². The number of aromatic amines is 1. The van der Waals surface area contributed by atoms with Crippen molar-refractivity contribution in [3.63, 3.8) is 0 Å². The first kappa shape index (κ1) is 21.3. The van der Waals surface area contributed by atoms with Gasteiger partial charge in [-0.1, -0.05) is 12.1 Å². The Hall–Kier alpha value is -2.42. The quantitative estimate of drug-likeness (QED) is 0.593. The minimum Gasteiger partial charge on any atom is -0.462 e. The summed E-state index contributed by atoms with van der Waals surface area (Å²) in [6.07, 6.45) is 3.10. The van der Waals surface area contributed by atoms with Gasteiger partial charge in [0.2, 0.25) is 5.43 Å². The molecule has 1 saturated heterocycles. The van der Waals surface area contributed by atoms with Crippen molar-refractivity contribution in [2.45, 2.75) is 45.8 Å². The zero-order chi connectivity index (χ0) is 21.4. The summed E-state index contributed by atoms with van der Waals surface area (Å²) in [5.41, 5.74) is 0.315. The van der Waals surface area contributed by atoms with Crippen molar-refractivity contribution >= 4 is 30.1 Å². The van der Waals surface area contributed by atoms with Crippen LogP contribution in [0.2, 0.25) is 0 Å². The lowest BCUT2D eigenvalue weighted by molar-refractivity contribution is 0.00578. The summed E-state index contributed by atoms with van der Waals surface area (Å²) in [6.45, 7) is 9.37. The van der Waals surface area contributed by atoms with E-state index in [9.17, 15) is 14.7 Å². The van der Waals surface area contributed by atoms with E-state index in [2.05, 4.69) is 4.98 Å². The largest absolute Gasteiger partial charge is 0.492 e. The molecule has 8 heteroatoms. The molecule has 1 aromatic heterocycles. The maximum absolute atomic E-state index is 12.7. The van der Waals surface area contributed by atoms with Crippen LogP contribution in [-0.4, -0.2) is 47.6 Å². The van der Waals surface area contributed by atoms with E-state index in [1.807, 2.05) is 33.8 Å². The lowest BCUT2D eigenvalue weighted by Crippen LogP contribution is -2.41. The summed E-state index contributed by atoms with van der Waals surface area (Å²) < 4.78 is 16.9. The van der Waals surface area contributed by atoms with Gasteiger partial charge in [0.25, 0.3) is 0 Å². The molecule has 0 spiro atoms. The molecule has 1 fully saturated rings. The van der Waals surface area contributed by atoms with Gasteiger partial charge in [0.15, 0.2) is 0 Å². The van der Waals surface area contributed by atoms with Crippen molar-refractivity contribution in [3.8, 4) is 0 Å². The molecule has 2 heterocycles. The average molecular weight is 399 g/mol. The Morgan fingerprint density at radius 1 is 1.24 bits per heavy atom. The summed E-state index contributed by atoms with van der Waals surface area (Å²) in [7, 11) is -0.690. The highest BCUT2D eigenvalue weighted by atomic mass is 16.7. The minimum absolute atomic E-state index is 0.0474. The molecule has 1 aromatic carbocycles. The van der Waals surface area contributed by atoms with E-state index in [4.69, 9.17) is 14.0 Å². The number of nitrogens with one attached hydrogen (secondary N) is 1. The zero-order valence-electron chi connectivity index (χ0n) is 17.4. The molecular weight excluding hydrogens is 373 g/mol. The van der Waals surface area contributed by atoms with Crippen molar-refractivity contribution < 1.29 is 23.9 Å². The number of aromatic nitrogens is 1. The van der Waals surface area contributed by atoms with Crippen LogP contribution in [-0.2, 0) is 14.0 Å². The third-order valence-corrected chi connectivity index (χ3v) is 5.49. The highest BCUT2D eigenvalue weighted by molar-refractivity contribution is 6.55. The molecule has 0 saturated carbocycles. The van der Waals surface area contributed by atoms with Crippen molar-refractivity contribution in [1.82, 2.24) is 4.98 Å². The summed E-state index contributed by atoms with van der Waals surface area (Å²) in [6, 6.07) is 5.22. The Kier molecular flexibility index (Phi) is 5.71. The van der Waals surface area contributed by atoms with Gasteiger partial charge >= 0.3 is 13.1 Å². The van der Waals surface area contributed by atoms with Gasteiger partial charge in [-0.2, -0.15) is 0 Å². The number of H-pyrrole nitrogens is 1. The SMILES string of the molecule is CCOC(=O)c1c[nH]c2ccc(C=C(CO)B3OC(C)(C)C(C)(C)O3)cc2c1=O.